The summed E-state index contributed by atoms with van der Waals surface area (Å²) in [4.78, 5) is 0. The highest BCUT2D eigenvalue weighted by Gasteiger charge is 2.17. The molecule has 1 rings (SSSR count). The van der Waals surface area contributed by atoms with Crippen molar-refractivity contribution in [1.29, 1.82) is 0 Å². The first-order chi connectivity index (χ1) is 7.97. The second-order valence-electron chi connectivity index (χ2n) is 3.66. The van der Waals surface area contributed by atoms with Crippen LogP contribution in [0, 0.1) is 5.82 Å². The van der Waals surface area contributed by atoms with Gasteiger partial charge in [0.15, 0.2) is 0 Å². The number of hydrogen-bond donors (Lipinski definition) is 0. The second kappa shape index (κ2) is 6.21. The monoisotopic (exact) mass is 279 g/mol. The van der Waals surface area contributed by atoms with Crippen LogP contribution in [0.4, 0.5) is 10.1 Å². The lowest BCUT2D eigenvalue weighted by Gasteiger charge is -2.19. The molecule has 0 aliphatic carbocycles. The molecule has 0 bridgehead atoms. The molecule has 0 unspecified atom stereocenters. The Kier molecular flexibility index (Phi) is 5.21. The number of sulfonamides is 1. The van der Waals surface area contributed by atoms with Gasteiger partial charge in [-0.25, -0.2) is 12.8 Å². The molecule has 0 N–H and O–H groups in total. The number of unbranched alkanes of at least 4 members (excludes halogenated alkanes) is 1. The van der Waals surface area contributed by atoms with Gasteiger partial charge < -0.3 is 0 Å². The van der Waals surface area contributed by atoms with Crippen molar-refractivity contribution in [3.8, 4) is 0 Å². The zero-order valence-corrected chi connectivity index (χ0v) is 11.1. The third kappa shape index (κ3) is 4.16. The molecule has 6 heteroatoms. The van der Waals surface area contributed by atoms with E-state index in [0.717, 1.165) is 4.31 Å². The van der Waals surface area contributed by atoms with Crippen molar-refractivity contribution < 1.29 is 12.8 Å². The van der Waals surface area contributed by atoms with E-state index in [1.54, 1.807) is 6.07 Å². The zero-order chi connectivity index (χ0) is 12.9. The van der Waals surface area contributed by atoms with Crippen LogP contribution in [0.1, 0.15) is 12.8 Å². The van der Waals surface area contributed by atoms with E-state index in [1.807, 2.05) is 0 Å². The summed E-state index contributed by atoms with van der Waals surface area (Å²) < 4.78 is 37.8. The first kappa shape index (κ1) is 14.3. The summed E-state index contributed by atoms with van der Waals surface area (Å²) >= 11 is 5.49. The molecular formula is C11H15ClFNO2S. The average Bonchev–Trinajstić information content (AvgIpc) is 2.28. The number of alkyl halides is 1. The van der Waals surface area contributed by atoms with Crippen LogP contribution in [0.2, 0.25) is 0 Å². The molecule has 3 nitrogen and oxygen atoms in total. The van der Waals surface area contributed by atoms with Crippen LogP contribution in [0.25, 0.3) is 0 Å². The maximum atomic E-state index is 13.0. The largest absolute Gasteiger partial charge is 0.273 e. The van der Waals surface area contributed by atoms with Crippen molar-refractivity contribution in [1.82, 2.24) is 0 Å². The van der Waals surface area contributed by atoms with Crippen molar-refractivity contribution >= 4 is 27.3 Å². The molecule has 0 radical (unpaired) electrons. The maximum Gasteiger partial charge on any atom is 0.234 e. The fourth-order valence-electron chi connectivity index (χ4n) is 1.35. The molecular weight excluding hydrogens is 265 g/mol. The van der Waals surface area contributed by atoms with E-state index < -0.39 is 15.8 Å². The molecule has 1 aromatic carbocycles. The Morgan fingerprint density at radius 3 is 2.65 bits per heavy atom. The Labute approximate surface area is 106 Å². The van der Waals surface area contributed by atoms with Crippen molar-refractivity contribution in [2.75, 3.05) is 23.0 Å². The molecule has 0 saturated heterocycles. The molecule has 0 amide bonds. The Morgan fingerprint density at radius 1 is 1.35 bits per heavy atom. The third-order valence-corrected chi connectivity index (χ3v) is 4.49. The topological polar surface area (TPSA) is 37.4 Å². The van der Waals surface area contributed by atoms with E-state index in [1.165, 1.54) is 25.2 Å². The van der Waals surface area contributed by atoms with Crippen LogP contribution >= 0.6 is 11.6 Å². The van der Waals surface area contributed by atoms with Crippen molar-refractivity contribution in [2.24, 2.45) is 0 Å². The fourth-order valence-corrected chi connectivity index (χ4v) is 2.82. The lowest BCUT2D eigenvalue weighted by atomic mass is 10.3. The van der Waals surface area contributed by atoms with Gasteiger partial charge in [0.2, 0.25) is 10.0 Å². The minimum atomic E-state index is -3.39. The molecule has 0 aromatic heterocycles. The van der Waals surface area contributed by atoms with Crippen LogP contribution in [0.5, 0.6) is 0 Å². The fraction of sp³-hybridized carbons (Fsp3) is 0.455. The van der Waals surface area contributed by atoms with Gasteiger partial charge >= 0.3 is 0 Å². The van der Waals surface area contributed by atoms with Gasteiger partial charge in [-0.15, -0.1) is 11.6 Å². The molecule has 0 saturated carbocycles. The normalized spacial score (nSPS) is 11.5. The Hall–Kier alpha value is -0.810. The number of benzene rings is 1. The highest BCUT2D eigenvalue weighted by molar-refractivity contribution is 7.92. The second-order valence-corrected chi connectivity index (χ2v) is 6.16. The summed E-state index contributed by atoms with van der Waals surface area (Å²) in [5, 5.41) is 0. The van der Waals surface area contributed by atoms with Crippen molar-refractivity contribution in [3.05, 3.63) is 30.1 Å². The average molecular weight is 280 g/mol. The van der Waals surface area contributed by atoms with E-state index in [2.05, 4.69) is 0 Å². The van der Waals surface area contributed by atoms with E-state index in [9.17, 15) is 12.8 Å². The SMILES string of the molecule is CN(c1cccc(F)c1)S(=O)(=O)CCCCCl. The highest BCUT2D eigenvalue weighted by atomic mass is 35.5. The highest BCUT2D eigenvalue weighted by Crippen LogP contribution is 2.18. The summed E-state index contributed by atoms with van der Waals surface area (Å²) in [7, 11) is -1.97. The van der Waals surface area contributed by atoms with Gasteiger partial charge in [-0.1, -0.05) is 6.07 Å². The van der Waals surface area contributed by atoms with Crippen molar-refractivity contribution in [3.63, 3.8) is 0 Å². The van der Waals surface area contributed by atoms with Crippen molar-refractivity contribution in [2.45, 2.75) is 12.8 Å². The Bertz CT molecular complexity index is 464. The lowest BCUT2D eigenvalue weighted by Crippen LogP contribution is -2.29. The van der Waals surface area contributed by atoms with Gasteiger partial charge in [0.05, 0.1) is 11.4 Å². The molecule has 0 aliphatic heterocycles. The van der Waals surface area contributed by atoms with E-state index in [-0.39, 0.29) is 5.75 Å². The minimum absolute atomic E-state index is 0.0206. The molecule has 0 atom stereocenters. The third-order valence-electron chi connectivity index (χ3n) is 2.37. The molecule has 0 spiro atoms. The first-order valence-electron chi connectivity index (χ1n) is 5.25. The van der Waals surface area contributed by atoms with Gasteiger partial charge in [-0.3, -0.25) is 4.31 Å². The van der Waals surface area contributed by atoms with Crippen LogP contribution in [0.15, 0.2) is 24.3 Å². The van der Waals surface area contributed by atoms with Gasteiger partial charge in [0.25, 0.3) is 0 Å². The molecule has 0 heterocycles. The van der Waals surface area contributed by atoms with Crippen LogP contribution in [-0.4, -0.2) is 27.1 Å². The van der Waals surface area contributed by atoms with Crippen LogP contribution in [0.3, 0.4) is 0 Å². The molecule has 96 valence electrons. The molecule has 17 heavy (non-hydrogen) atoms. The van der Waals surface area contributed by atoms with Gasteiger partial charge in [0, 0.05) is 12.9 Å². The Morgan fingerprint density at radius 2 is 2.06 bits per heavy atom. The zero-order valence-electron chi connectivity index (χ0n) is 9.57. The number of anilines is 1. The predicted molar refractivity (Wildman–Crippen MR) is 68.5 cm³/mol. The number of nitrogens with zero attached hydrogens (tertiary/aromatic N) is 1. The molecule has 1 aromatic rings. The van der Waals surface area contributed by atoms with Crippen LogP contribution < -0.4 is 4.31 Å². The smallest absolute Gasteiger partial charge is 0.234 e. The van der Waals surface area contributed by atoms with E-state index >= 15 is 0 Å². The molecule has 0 fully saturated rings. The molecule has 0 aliphatic rings. The Balaban J connectivity index is 2.78. The summed E-state index contributed by atoms with van der Waals surface area (Å²) in [6.07, 6.45) is 1.16. The quantitative estimate of drug-likeness (QED) is 0.593. The predicted octanol–water partition coefficient (Wildman–Crippen LogP) is 2.61. The van der Waals surface area contributed by atoms with E-state index in [4.69, 9.17) is 11.6 Å². The standard InChI is InChI=1S/C11H15ClFNO2S/c1-14(11-6-4-5-10(13)9-11)17(15,16)8-3-2-7-12/h4-6,9H,2-3,7-8H2,1H3. The summed E-state index contributed by atoms with van der Waals surface area (Å²) in [5.41, 5.74) is 0.330. The van der Waals surface area contributed by atoms with Gasteiger partial charge in [0.1, 0.15) is 5.82 Å². The van der Waals surface area contributed by atoms with Crippen LogP contribution in [-0.2, 0) is 10.0 Å². The lowest BCUT2D eigenvalue weighted by molar-refractivity contribution is 0.590. The minimum Gasteiger partial charge on any atom is -0.273 e. The number of rotatable bonds is 6. The number of hydrogen-bond acceptors (Lipinski definition) is 2. The maximum absolute atomic E-state index is 13.0. The summed E-state index contributed by atoms with van der Waals surface area (Å²) in [5.74, 6) is 0.0108. The first-order valence-corrected chi connectivity index (χ1v) is 7.40. The summed E-state index contributed by atoms with van der Waals surface area (Å²) in [6, 6.07) is 5.51. The van der Waals surface area contributed by atoms with Gasteiger partial charge in [-0.05, 0) is 31.0 Å². The summed E-state index contributed by atoms with van der Waals surface area (Å²) in [6.45, 7) is 0. The number of halogens is 2. The van der Waals surface area contributed by atoms with Gasteiger partial charge in [-0.2, -0.15) is 0 Å². The van der Waals surface area contributed by atoms with E-state index in [0.29, 0.717) is 24.4 Å².